The van der Waals surface area contributed by atoms with Crippen LogP contribution in [0.5, 0.6) is 0 Å². The average Bonchev–Trinajstić information content (AvgIpc) is 2.73. The molecule has 0 radical (unpaired) electrons. The molecule has 1 aliphatic heterocycles. The van der Waals surface area contributed by atoms with Crippen LogP contribution < -0.4 is 5.73 Å². The van der Waals surface area contributed by atoms with E-state index in [1.807, 2.05) is 10.9 Å². The summed E-state index contributed by atoms with van der Waals surface area (Å²) in [6, 6.07) is 0. The van der Waals surface area contributed by atoms with Crippen molar-refractivity contribution in [1.29, 1.82) is 0 Å². The van der Waals surface area contributed by atoms with Gasteiger partial charge < -0.3 is 10.5 Å². The first-order valence-corrected chi connectivity index (χ1v) is 5.36. The van der Waals surface area contributed by atoms with Gasteiger partial charge in [0, 0.05) is 12.7 Å². The number of ether oxygens (including phenoxy) is 1. The summed E-state index contributed by atoms with van der Waals surface area (Å²) in [6.45, 7) is 5.47. The van der Waals surface area contributed by atoms with E-state index in [9.17, 15) is 0 Å². The highest BCUT2D eigenvalue weighted by molar-refractivity contribution is 4.91. The third-order valence-corrected chi connectivity index (χ3v) is 2.74. The lowest BCUT2D eigenvalue weighted by Crippen LogP contribution is -2.23. The van der Waals surface area contributed by atoms with E-state index in [1.54, 1.807) is 0 Å². The summed E-state index contributed by atoms with van der Waals surface area (Å²) in [4.78, 5) is 0. The fourth-order valence-corrected chi connectivity index (χ4v) is 1.94. The van der Waals surface area contributed by atoms with Crippen LogP contribution in [0.2, 0.25) is 0 Å². The Bertz CT molecular complexity index is 334. The Kier molecular flexibility index (Phi) is 2.75. The zero-order valence-electron chi connectivity index (χ0n) is 9.31. The molecule has 2 heterocycles. The van der Waals surface area contributed by atoms with Crippen LogP contribution in [0.3, 0.4) is 0 Å². The molecule has 15 heavy (non-hydrogen) atoms. The Morgan fingerprint density at radius 2 is 2.47 bits per heavy atom. The molecule has 1 atom stereocenters. The molecule has 0 bridgehead atoms. The van der Waals surface area contributed by atoms with E-state index >= 15 is 0 Å². The van der Waals surface area contributed by atoms with Crippen LogP contribution in [-0.2, 0) is 17.8 Å². The van der Waals surface area contributed by atoms with Gasteiger partial charge in [-0.15, -0.1) is 5.10 Å². The SMILES string of the molecule is CC1(C)CCC(Cn2cc(CN)nn2)O1. The van der Waals surface area contributed by atoms with Crippen molar-refractivity contribution in [3.63, 3.8) is 0 Å². The standard InChI is InChI=1S/C10H18N4O/c1-10(2)4-3-9(15-10)7-14-6-8(5-11)12-13-14/h6,9H,3-5,7,11H2,1-2H3. The Morgan fingerprint density at radius 1 is 1.67 bits per heavy atom. The minimum atomic E-state index is 0.0158. The molecule has 0 aromatic carbocycles. The van der Waals surface area contributed by atoms with Gasteiger partial charge in [-0.3, -0.25) is 0 Å². The van der Waals surface area contributed by atoms with Crippen LogP contribution in [0.4, 0.5) is 0 Å². The highest BCUT2D eigenvalue weighted by atomic mass is 16.5. The first kappa shape index (κ1) is 10.6. The van der Waals surface area contributed by atoms with Crippen molar-refractivity contribution in [2.24, 2.45) is 5.73 Å². The molecule has 5 nitrogen and oxygen atoms in total. The summed E-state index contributed by atoms with van der Waals surface area (Å²) in [7, 11) is 0. The van der Waals surface area contributed by atoms with Crippen molar-refractivity contribution < 1.29 is 4.74 Å². The normalized spacial score (nSPS) is 24.6. The Hall–Kier alpha value is -0.940. The second kappa shape index (κ2) is 3.90. The van der Waals surface area contributed by atoms with Crippen molar-refractivity contribution in [2.45, 2.75) is 51.5 Å². The molecule has 2 N–H and O–H groups in total. The van der Waals surface area contributed by atoms with Crippen LogP contribution in [0.25, 0.3) is 0 Å². The van der Waals surface area contributed by atoms with Crippen LogP contribution in [0, 0.1) is 0 Å². The summed E-state index contributed by atoms with van der Waals surface area (Å²) in [5.74, 6) is 0. The summed E-state index contributed by atoms with van der Waals surface area (Å²) in [5, 5.41) is 7.95. The van der Waals surface area contributed by atoms with Gasteiger partial charge in [0.1, 0.15) is 0 Å². The second-order valence-corrected chi connectivity index (χ2v) is 4.67. The molecule has 1 aliphatic rings. The lowest BCUT2D eigenvalue weighted by molar-refractivity contribution is -0.0231. The molecule has 2 rings (SSSR count). The monoisotopic (exact) mass is 210 g/mol. The molecule has 0 aliphatic carbocycles. The van der Waals surface area contributed by atoms with Crippen molar-refractivity contribution in [3.05, 3.63) is 11.9 Å². The van der Waals surface area contributed by atoms with E-state index in [0.717, 1.165) is 25.1 Å². The fraction of sp³-hybridized carbons (Fsp3) is 0.800. The molecular weight excluding hydrogens is 192 g/mol. The van der Waals surface area contributed by atoms with Crippen molar-refractivity contribution in [3.8, 4) is 0 Å². The molecule has 84 valence electrons. The lowest BCUT2D eigenvalue weighted by atomic mass is 10.1. The zero-order chi connectivity index (χ0) is 10.9. The van der Waals surface area contributed by atoms with E-state index in [0.29, 0.717) is 6.54 Å². The minimum absolute atomic E-state index is 0.0158. The molecule has 1 saturated heterocycles. The Morgan fingerprint density at radius 3 is 3.00 bits per heavy atom. The van der Waals surface area contributed by atoms with Crippen LogP contribution in [0.1, 0.15) is 32.4 Å². The van der Waals surface area contributed by atoms with Crippen molar-refractivity contribution in [2.75, 3.05) is 0 Å². The van der Waals surface area contributed by atoms with E-state index in [4.69, 9.17) is 10.5 Å². The molecule has 0 amide bonds. The molecule has 1 fully saturated rings. The predicted octanol–water partition coefficient (Wildman–Crippen LogP) is 0.694. The lowest BCUT2D eigenvalue weighted by Gasteiger charge is -2.18. The van der Waals surface area contributed by atoms with Crippen molar-refractivity contribution >= 4 is 0 Å². The van der Waals surface area contributed by atoms with Gasteiger partial charge >= 0.3 is 0 Å². The van der Waals surface area contributed by atoms with Gasteiger partial charge in [0.05, 0.1) is 23.9 Å². The third kappa shape index (κ3) is 2.54. The molecular formula is C10H18N4O. The predicted molar refractivity (Wildman–Crippen MR) is 56.1 cm³/mol. The van der Waals surface area contributed by atoms with Gasteiger partial charge in [0.25, 0.3) is 0 Å². The van der Waals surface area contributed by atoms with Gasteiger partial charge in [-0.2, -0.15) is 0 Å². The molecule has 1 aromatic heterocycles. The van der Waals surface area contributed by atoms with E-state index in [-0.39, 0.29) is 11.7 Å². The third-order valence-electron chi connectivity index (χ3n) is 2.74. The van der Waals surface area contributed by atoms with Gasteiger partial charge in [0.2, 0.25) is 0 Å². The first-order chi connectivity index (χ1) is 7.09. The number of aromatic nitrogens is 3. The molecule has 5 heteroatoms. The number of nitrogens with zero attached hydrogens (tertiary/aromatic N) is 3. The minimum Gasteiger partial charge on any atom is -0.370 e. The van der Waals surface area contributed by atoms with Gasteiger partial charge in [-0.1, -0.05) is 5.21 Å². The van der Waals surface area contributed by atoms with E-state index in [2.05, 4.69) is 24.2 Å². The largest absolute Gasteiger partial charge is 0.370 e. The Balaban J connectivity index is 1.92. The molecule has 0 saturated carbocycles. The Labute approximate surface area is 89.6 Å². The maximum atomic E-state index is 5.88. The molecule has 0 spiro atoms. The van der Waals surface area contributed by atoms with Gasteiger partial charge in [-0.05, 0) is 26.7 Å². The highest BCUT2D eigenvalue weighted by Gasteiger charge is 2.31. The van der Waals surface area contributed by atoms with Crippen LogP contribution in [-0.4, -0.2) is 26.7 Å². The van der Waals surface area contributed by atoms with Crippen molar-refractivity contribution in [1.82, 2.24) is 15.0 Å². The van der Waals surface area contributed by atoms with Crippen LogP contribution in [0.15, 0.2) is 6.20 Å². The highest BCUT2D eigenvalue weighted by Crippen LogP contribution is 2.29. The smallest absolute Gasteiger partial charge is 0.0962 e. The topological polar surface area (TPSA) is 66.0 Å². The van der Waals surface area contributed by atoms with E-state index in [1.165, 1.54) is 0 Å². The van der Waals surface area contributed by atoms with Gasteiger partial charge in [-0.25, -0.2) is 4.68 Å². The number of nitrogens with two attached hydrogens (primary N) is 1. The summed E-state index contributed by atoms with van der Waals surface area (Å²) in [5.41, 5.74) is 6.31. The maximum absolute atomic E-state index is 5.88. The maximum Gasteiger partial charge on any atom is 0.0962 e. The summed E-state index contributed by atoms with van der Waals surface area (Å²) in [6.07, 6.45) is 4.34. The fourth-order valence-electron chi connectivity index (χ4n) is 1.94. The number of hydrogen-bond donors (Lipinski definition) is 1. The van der Waals surface area contributed by atoms with Crippen LogP contribution >= 0.6 is 0 Å². The first-order valence-electron chi connectivity index (χ1n) is 5.36. The quantitative estimate of drug-likeness (QED) is 0.797. The molecule has 1 aromatic rings. The number of rotatable bonds is 3. The second-order valence-electron chi connectivity index (χ2n) is 4.67. The summed E-state index contributed by atoms with van der Waals surface area (Å²) < 4.78 is 7.69. The van der Waals surface area contributed by atoms with E-state index < -0.39 is 0 Å². The van der Waals surface area contributed by atoms with Gasteiger partial charge in [0.15, 0.2) is 0 Å². The number of hydrogen-bond acceptors (Lipinski definition) is 4. The zero-order valence-corrected chi connectivity index (χ0v) is 9.31. The molecule has 1 unspecified atom stereocenters. The summed E-state index contributed by atoms with van der Waals surface area (Å²) >= 11 is 0. The average molecular weight is 210 g/mol.